The minimum absolute atomic E-state index is 0.404. The van der Waals surface area contributed by atoms with Crippen molar-refractivity contribution in [3.63, 3.8) is 0 Å². The molecular formula is C9H19N. The first-order valence-electron chi connectivity index (χ1n) is 3.88. The van der Waals surface area contributed by atoms with E-state index in [9.17, 15) is 0 Å². The van der Waals surface area contributed by atoms with Crippen molar-refractivity contribution >= 4 is 0 Å². The van der Waals surface area contributed by atoms with Crippen molar-refractivity contribution in [2.45, 2.75) is 27.2 Å². The van der Waals surface area contributed by atoms with Crippen molar-refractivity contribution in [2.24, 2.45) is 5.41 Å². The summed E-state index contributed by atoms with van der Waals surface area (Å²) in [5.74, 6) is 0. The first-order valence-corrected chi connectivity index (χ1v) is 3.88. The molecule has 0 saturated carbocycles. The SMILES string of the molecule is C=CCCNCC(C)(C)C. The van der Waals surface area contributed by atoms with Gasteiger partial charge in [-0.1, -0.05) is 26.8 Å². The minimum Gasteiger partial charge on any atom is -0.316 e. The Morgan fingerprint density at radius 3 is 2.40 bits per heavy atom. The molecule has 0 radical (unpaired) electrons. The number of rotatable bonds is 4. The first kappa shape index (κ1) is 9.70. The Morgan fingerprint density at radius 1 is 1.40 bits per heavy atom. The Hall–Kier alpha value is -0.300. The van der Waals surface area contributed by atoms with E-state index < -0.39 is 0 Å². The zero-order chi connectivity index (χ0) is 8.04. The molecule has 0 aliphatic carbocycles. The third kappa shape index (κ3) is 7.70. The van der Waals surface area contributed by atoms with Gasteiger partial charge in [-0.3, -0.25) is 0 Å². The van der Waals surface area contributed by atoms with Gasteiger partial charge in [-0.25, -0.2) is 0 Å². The van der Waals surface area contributed by atoms with Crippen molar-refractivity contribution in [1.29, 1.82) is 0 Å². The molecule has 0 atom stereocenters. The largest absolute Gasteiger partial charge is 0.316 e. The number of hydrogen-bond donors (Lipinski definition) is 1. The van der Waals surface area contributed by atoms with E-state index in [1.807, 2.05) is 6.08 Å². The lowest BCUT2D eigenvalue weighted by atomic mass is 9.97. The van der Waals surface area contributed by atoms with E-state index in [4.69, 9.17) is 0 Å². The third-order valence-corrected chi connectivity index (χ3v) is 1.18. The fourth-order valence-electron chi connectivity index (χ4n) is 0.668. The Balaban J connectivity index is 3.12. The summed E-state index contributed by atoms with van der Waals surface area (Å²) >= 11 is 0. The van der Waals surface area contributed by atoms with Crippen molar-refractivity contribution < 1.29 is 0 Å². The number of hydrogen-bond acceptors (Lipinski definition) is 1. The maximum absolute atomic E-state index is 3.65. The van der Waals surface area contributed by atoms with E-state index in [0.29, 0.717) is 5.41 Å². The van der Waals surface area contributed by atoms with E-state index in [0.717, 1.165) is 19.5 Å². The summed E-state index contributed by atoms with van der Waals surface area (Å²) in [5.41, 5.74) is 0.404. The molecule has 0 bridgehead atoms. The lowest BCUT2D eigenvalue weighted by Crippen LogP contribution is -2.27. The average Bonchev–Trinajstić information content (AvgIpc) is 1.78. The summed E-state index contributed by atoms with van der Waals surface area (Å²) in [6.07, 6.45) is 3.01. The normalized spacial score (nSPS) is 11.5. The standard InChI is InChI=1S/C9H19N/c1-5-6-7-10-8-9(2,3)4/h5,10H,1,6-8H2,2-4H3. The molecule has 0 spiro atoms. The monoisotopic (exact) mass is 141 g/mol. The molecule has 0 aromatic carbocycles. The van der Waals surface area contributed by atoms with Gasteiger partial charge in [0.25, 0.3) is 0 Å². The number of nitrogens with one attached hydrogen (secondary N) is 1. The van der Waals surface area contributed by atoms with Gasteiger partial charge in [-0.2, -0.15) is 0 Å². The molecule has 1 nitrogen and oxygen atoms in total. The third-order valence-electron chi connectivity index (χ3n) is 1.18. The fraction of sp³-hybridized carbons (Fsp3) is 0.778. The molecule has 0 aliphatic heterocycles. The second kappa shape index (κ2) is 4.51. The van der Waals surface area contributed by atoms with Crippen molar-refractivity contribution in [3.8, 4) is 0 Å². The molecular weight excluding hydrogens is 122 g/mol. The van der Waals surface area contributed by atoms with Gasteiger partial charge in [0.2, 0.25) is 0 Å². The average molecular weight is 141 g/mol. The zero-order valence-electron chi connectivity index (χ0n) is 7.41. The van der Waals surface area contributed by atoms with Crippen LogP contribution in [0.15, 0.2) is 12.7 Å². The molecule has 0 aromatic heterocycles. The highest BCUT2D eigenvalue weighted by Crippen LogP contribution is 2.09. The van der Waals surface area contributed by atoms with Crippen LogP contribution >= 0.6 is 0 Å². The van der Waals surface area contributed by atoms with Gasteiger partial charge in [0.05, 0.1) is 0 Å². The Morgan fingerprint density at radius 2 is 2.00 bits per heavy atom. The highest BCUT2D eigenvalue weighted by molar-refractivity contribution is 4.70. The molecule has 1 heteroatoms. The van der Waals surface area contributed by atoms with Gasteiger partial charge >= 0.3 is 0 Å². The predicted octanol–water partition coefficient (Wildman–Crippen LogP) is 2.20. The molecule has 60 valence electrons. The van der Waals surface area contributed by atoms with E-state index in [1.54, 1.807) is 0 Å². The lowest BCUT2D eigenvalue weighted by Gasteiger charge is -2.18. The van der Waals surface area contributed by atoms with Gasteiger partial charge in [-0.05, 0) is 24.9 Å². The molecule has 0 rings (SSSR count). The Labute approximate surface area is 64.5 Å². The molecule has 0 unspecified atom stereocenters. The van der Waals surface area contributed by atoms with E-state index in [-0.39, 0.29) is 0 Å². The van der Waals surface area contributed by atoms with Gasteiger partial charge in [0.1, 0.15) is 0 Å². The Bertz CT molecular complexity index is 89.4. The Kier molecular flexibility index (Phi) is 4.37. The fourth-order valence-corrected chi connectivity index (χ4v) is 0.668. The van der Waals surface area contributed by atoms with Gasteiger partial charge < -0.3 is 5.32 Å². The maximum atomic E-state index is 3.65. The summed E-state index contributed by atoms with van der Waals surface area (Å²) in [4.78, 5) is 0. The van der Waals surface area contributed by atoms with E-state index in [1.165, 1.54) is 0 Å². The van der Waals surface area contributed by atoms with Crippen molar-refractivity contribution in [1.82, 2.24) is 5.32 Å². The van der Waals surface area contributed by atoms with Gasteiger partial charge in [0.15, 0.2) is 0 Å². The van der Waals surface area contributed by atoms with Crippen molar-refractivity contribution in [3.05, 3.63) is 12.7 Å². The summed E-state index contributed by atoms with van der Waals surface area (Å²) < 4.78 is 0. The molecule has 0 aliphatic rings. The topological polar surface area (TPSA) is 12.0 Å². The molecule has 0 heterocycles. The van der Waals surface area contributed by atoms with Crippen molar-refractivity contribution in [2.75, 3.05) is 13.1 Å². The summed E-state index contributed by atoms with van der Waals surface area (Å²) in [6.45, 7) is 12.5. The zero-order valence-corrected chi connectivity index (χ0v) is 7.41. The van der Waals surface area contributed by atoms with Crippen LogP contribution in [0.2, 0.25) is 0 Å². The lowest BCUT2D eigenvalue weighted by molar-refractivity contribution is 0.382. The predicted molar refractivity (Wildman–Crippen MR) is 47.1 cm³/mol. The quantitative estimate of drug-likeness (QED) is 0.467. The van der Waals surface area contributed by atoms with Crippen LogP contribution in [0, 0.1) is 5.41 Å². The van der Waals surface area contributed by atoms with Gasteiger partial charge in [0, 0.05) is 0 Å². The van der Waals surface area contributed by atoms with Gasteiger partial charge in [-0.15, -0.1) is 6.58 Å². The minimum atomic E-state index is 0.404. The van der Waals surface area contributed by atoms with Crippen LogP contribution in [0.4, 0.5) is 0 Å². The first-order chi connectivity index (χ1) is 4.56. The smallest absolute Gasteiger partial charge is 0.0000000103 e. The van der Waals surface area contributed by atoms with Crippen LogP contribution in [0.25, 0.3) is 0 Å². The van der Waals surface area contributed by atoms with Crippen LogP contribution in [0.3, 0.4) is 0 Å². The van der Waals surface area contributed by atoms with Crippen LogP contribution < -0.4 is 5.32 Å². The highest BCUT2D eigenvalue weighted by atomic mass is 14.9. The molecule has 0 fully saturated rings. The van der Waals surface area contributed by atoms with E-state index in [2.05, 4.69) is 32.7 Å². The van der Waals surface area contributed by atoms with E-state index >= 15 is 0 Å². The second-order valence-corrected chi connectivity index (χ2v) is 3.81. The van der Waals surface area contributed by atoms with Crippen LogP contribution in [-0.4, -0.2) is 13.1 Å². The van der Waals surface area contributed by atoms with Crippen LogP contribution in [-0.2, 0) is 0 Å². The second-order valence-electron chi connectivity index (χ2n) is 3.81. The van der Waals surface area contributed by atoms with Crippen LogP contribution in [0.1, 0.15) is 27.2 Å². The molecule has 0 saturated heterocycles. The maximum Gasteiger partial charge on any atom is -0.0000000103 e. The summed E-state index contributed by atoms with van der Waals surface area (Å²) in [7, 11) is 0. The summed E-state index contributed by atoms with van der Waals surface area (Å²) in [6, 6.07) is 0. The summed E-state index contributed by atoms with van der Waals surface area (Å²) in [5, 5.41) is 3.36. The highest BCUT2D eigenvalue weighted by Gasteiger charge is 2.07. The molecule has 1 N–H and O–H groups in total. The molecule has 0 aromatic rings. The molecule has 0 amide bonds. The van der Waals surface area contributed by atoms with Crippen LogP contribution in [0.5, 0.6) is 0 Å². The molecule has 10 heavy (non-hydrogen) atoms.